The van der Waals surface area contributed by atoms with Gasteiger partial charge in [0.05, 0.1) is 5.69 Å². The molecule has 1 fully saturated rings. The van der Waals surface area contributed by atoms with Crippen LogP contribution in [0.3, 0.4) is 0 Å². The number of carbonyl (C=O) groups excluding carboxylic acids is 1. The zero-order valence-electron chi connectivity index (χ0n) is 13.1. The highest BCUT2D eigenvalue weighted by molar-refractivity contribution is 5.68. The molecule has 1 aliphatic heterocycles. The Morgan fingerprint density at radius 2 is 2.00 bits per heavy atom. The van der Waals surface area contributed by atoms with E-state index in [1.165, 1.54) is 0 Å². The van der Waals surface area contributed by atoms with Gasteiger partial charge in [0.15, 0.2) is 5.67 Å². The van der Waals surface area contributed by atoms with Crippen molar-refractivity contribution >= 4 is 6.09 Å². The number of rotatable bonds is 1. The molecule has 0 spiro atoms. The Bertz CT molecular complexity index is 517. The molecule has 0 N–H and O–H groups in total. The Balaban J connectivity index is 2.03. The van der Waals surface area contributed by atoms with Crippen LogP contribution in [-0.2, 0) is 10.4 Å². The first-order chi connectivity index (χ1) is 9.71. The van der Waals surface area contributed by atoms with E-state index in [0.717, 1.165) is 5.56 Å². The third-order valence-electron chi connectivity index (χ3n) is 3.64. The quantitative estimate of drug-likeness (QED) is 0.795. The van der Waals surface area contributed by atoms with Gasteiger partial charge in [-0.25, -0.2) is 9.18 Å². The largest absolute Gasteiger partial charge is 0.444 e. The van der Waals surface area contributed by atoms with Crippen LogP contribution in [0.2, 0.25) is 0 Å². The smallest absolute Gasteiger partial charge is 0.410 e. The molecule has 21 heavy (non-hydrogen) atoms. The predicted molar refractivity (Wildman–Crippen MR) is 78.8 cm³/mol. The molecular formula is C16H23FN2O2. The molecule has 0 aliphatic carbocycles. The van der Waals surface area contributed by atoms with Gasteiger partial charge < -0.3 is 9.64 Å². The number of carbonyl (C=O) groups is 1. The van der Waals surface area contributed by atoms with E-state index in [-0.39, 0.29) is 18.9 Å². The number of hydrogen-bond acceptors (Lipinski definition) is 3. The first kappa shape index (κ1) is 15.7. The van der Waals surface area contributed by atoms with Crippen LogP contribution < -0.4 is 0 Å². The van der Waals surface area contributed by atoms with E-state index in [4.69, 9.17) is 4.74 Å². The third kappa shape index (κ3) is 3.71. The molecule has 1 amide bonds. The Morgan fingerprint density at radius 3 is 2.52 bits per heavy atom. The van der Waals surface area contributed by atoms with Crippen LogP contribution in [0, 0.1) is 6.92 Å². The molecule has 1 aromatic rings. The van der Waals surface area contributed by atoms with Crippen LogP contribution in [-0.4, -0.2) is 34.7 Å². The molecule has 1 aliphatic rings. The lowest BCUT2D eigenvalue weighted by Gasteiger charge is -2.37. The van der Waals surface area contributed by atoms with Gasteiger partial charge in [0, 0.05) is 32.1 Å². The Hall–Kier alpha value is -1.65. The topological polar surface area (TPSA) is 42.4 Å². The maximum atomic E-state index is 15.1. The molecule has 0 radical (unpaired) electrons. The van der Waals surface area contributed by atoms with E-state index in [9.17, 15) is 4.79 Å². The van der Waals surface area contributed by atoms with E-state index < -0.39 is 11.3 Å². The van der Waals surface area contributed by atoms with E-state index in [1.54, 1.807) is 17.2 Å². The van der Waals surface area contributed by atoms with E-state index in [2.05, 4.69) is 4.98 Å². The highest BCUT2D eigenvalue weighted by Crippen LogP contribution is 2.37. The summed E-state index contributed by atoms with van der Waals surface area (Å²) < 4.78 is 20.4. The predicted octanol–water partition coefficient (Wildman–Crippen LogP) is 3.59. The van der Waals surface area contributed by atoms with Gasteiger partial charge >= 0.3 is 6.09 Å². The number of piperidine rings is 1. The van der Waals surface area contributed by atoms with Crippen LogP contribution in [0.4, 0.5) is 9.18 Å². The minimum Gasteiger partial charge on any atom is -0.444 e. The van der Waals surface area contributed by atoms with Gasteiger partial charge in [-0.3, -0.25) is 4.98 Å². The van der Waals surface area contributed by atoms with Gasteiger partial charge in [0.1, 0.15) is 5.60 Å². The number of likely N-dealkylation sites (tertiary alicyclic amines) is 1. The van der Waals surface area contributed by atoms with Crippen molar-refractivity contribution in [3.05, 3.63) is 29.6 Å². The Labute approximate surface area is 125 Å². The average molecular weight is 294 g/mol. The number of aryl methyl sites for hydroxylation is 1. The lowest BCUT2D eigenvalue weighted by Crippen LogP contribution is -2.45. The second-order valence-corrected chi connectivity index (χ2v) is 6.60. The zero-order valence-corrected chi connectivity index (χ0v) is 13.1. The van der Waals surface area contributed by atoms with Crippen LogP contribution in [0.15, 0.2) is 18.3 Å². The molecule has 0 bridgehead atoms. The highest BCUT2D eigenvalue weighted by atomic mass is 19.1. The van der Waals surface area contributed by atoms with Gasteiger partial charge in [-0.15, -0.1) is 0 Å². The van der Waals surface area contributed by atoms with E-state index in [1.807, 2.05) is 33.8 Å². The van der Waals surface area contributed by atoms with Crippen LogP contribution in [0.1, 0.15) is 44.9 Å². The normalized spacial score (nSPS) is 18.4. The lowest BCUT2D eigenvalue weighted by molar-refractivity contribution is 0.00113. The van der Waals surface area contributed by atoms with Crippen LogP contribution in [0.25, 0.3) is 0 Å². The standard InChI is InChI=1S/C16H23FN2O2/c1-12-6-5-9-18-13(12)16(17)7-10-19(11-8-16)14(20)21-15(2,3)4/h5-6,9H,7-8,10-11H2,1-4H3. The monoisotopic (exact) mass is 294 g/mol. The van der Waals surface area contributed by atoms with Crippen LogP contribution in [0.5, 0.6) is 0 Å². The number of pyridine rings is 1. The molecule has 1 saturated heterocycles. The SMILES string of the molecule is Cc1cccnc1C1(F)CCN(C(=O)OC(C)(C)C)CC1. The fourth-order valence-electron chi connectivity index (χ4n) is 2.56. The average Bonchev–Trinajstić information content (AvgIpc) is 2.37. The van der Waals surface area contributed by atoms with Crippen molar-refractivity contribution in [2.24, 2.45) is 0 Å². The number of nitrogens with zero attached hydrogens (tertiary/aromatic N) is 2. The Kier molecular flexibility index (Phi) is 4.21. The molecule has 116 valence electrons. The van der Waals surface area contributed by atoms with Gasteiger partial charge in [0.2, 0.25) is 0 Å². The van der Waals surface area contributed by atoms with Crippen LogP contribution >= 0.6 is 0 Å². The summed E-state index contributed by atoms with van der Waals surface area (Å²) in [5.41, 5.74) is -0.637. The minimum absolute atomic E-state index is 0.254. The van der Waals surface area contributed by atoms with Gasteiger partial charge in [-0.1, -0.05) is 6.07 Å². The van der Waals surface area contributed by atoms with Crippen molar-refractivity contribution in [2.45, 2.75) is 51.8 Å². The summed E-state index contributed by atoms with van der Waals surface area (Å²) >= 11 is 0. The lowest BCUT2D eigenvalue weighted by atomic mass is 9.87. The summed E-state index contributed by atoms with van der Waals surface area (Å²) in [7, 11) is 0. The fourth-order valence-corrected chi connectivity index (χ4v) is 2.56. The number of amides is 1. The maximum Gasteiger partial charge on any atom is 0.410 e. The Morgan fingerprint density at radius 1 is 1.38 bits per heavy atom. The number of halogens is 1. The molecule has 2 rings (SSSR count). The van der Waals surface area contributed by atoms with Crippen molar-refractivity contribution in [2.75, 3.05) is 13.1 Å². The summed E-state index contributed by atoms with van der Waals surface area (Å²) in [6.07, 6.45) is 1.75. The first-order valence-corrected chi connectivity index (χ1v) is 7.30. The summed E-state index contributed by atoms with van der Waals surface area (Å²) in [6.45, 7) is 8.04. The maximum absolute atomic E-state index is 15.1. The first-order valence-electron chi connectivity index (χ1n) is 7.30. The summed E-state index contributed by atoms with van der Waals surface area (Å²) in [5.74, 6) is 0. The summed E-state index contributed by atoms with van der Waals surface area (Å²) in [6, 6.07) is 3.67. The molecular weight excluding hydrogens is 271 g/mol. The van der Waals surface area contributed by atoms with E-state index in [0.29, 0.717) is 18.8 Å². The minimum atomic E-state index is -1.45. The van der Waals surface area contributed by atoms with Crippen molar-refractivity contribution in [1.82, 2.24) is 9.88 Å². The van der Waals surface area contributed by atoms with Gasteiger partial charge in [-0.2, -0.15) is 0 Å². The van der Waals surface area contributed by atoms with Crippen molar-refractivity contribution in [3.63, 3.8) is 0 Å². The molecule has 0 saturated carbocycles. The second-order valence-electron chi connectivity index (χ2n) is 6.60. The molecule has 5 heteroatoms. The van der Waals surface area contributed by atoms with Gasteiger partial charge in [-0.05, 0) is 39.3 Å². The number of aromatic nitrogens is 1. The zero-order chi connectivity index (χ0) is 15.7. The van der Waals surface area contributed by atoms with Crippen molar-refractivity contribution < 1.29 is 13.9 Å². The molecule has 2 heterocycles. The highest BCUT2D eigenvalue weighted by Gasteiger charge is 2.40. The summed E-state index contributed by atoms with van der Waals surface area (Å²) in [5, 5.41) is 0. The van der Waals surface area contributed by atoms with Crippen molar-refractivity contribution in [3.8, 4) is 0 Å². The summed E-state index contributed by atoms with van der Waals surface area (Å²) in [4.78, 5) is 17.8. The molecule has 0 unspecified atom stereocenters. The molecule has 1 aromatic heterocycles. The third-order valence-corrected chi connectivity index (χ3v) is 3.64. The fraction of sp³-hybridized carbons (Fsp3) is 0.625. The van der Waals surface area contributed by atoms with Gasteiger partial charge in [0.25, 0.3) is 0 Å². The molecule has 0 aromatic carbocycles. The number of alkyl halides is 1. The second kappa shape index (κ2) is 5.62. The van der Waals surface area contributed by atoms with Crippen molar-refractivity contribution in [1.29, 1.82) is 0 Å². The molecule has 4 nitrogen and oxygen atoms in total. The number of hydrogen-bond donors (Lipinski definition) is 0. The number of ether oxygens (including phenoxy) is 1. The molecule has 0 atom stereocenters. The van der Waals surface area contributed by atoms with E-state index >= 15 is 4.39 Å².